The topological polar surface area (TPSA) is 307 Å². The molecule has 3 aliphatic rings. The van der Waals surface area contributed by atoms with E-state index in [0.29, 0.717) is 12.8 Å². The van der Waals surface area contributed by atoms with Crippen LogP contribution in [0.1, 0.15) is 399 Å². The molecular formula is C94H173NO18. The van der Waals surface area contributed by atoms with Crippen molar-refractivity contribution in [2.75, 3.05) is 26.4 Å². The molecule has 3 saturated heterocycles. The number of hydrogen-bond acceptors (Lipinski definition) is 18. The second-order valence-electron chi connectivity index (χ2n) is 33.5. The summed E-state index contributed by atoms with van der Waals surface area (Å²) in [5.74, 6) is -0.236. The molecule has 19 nitrogen and oxygen atoms in total. The summed E-state index contributed by atoms with van der Waals surface area (Å²) in [6.07, 6.45) is 70.5. The van der Waals surface area contributed by atoms with Crippen molar-refractivity contribution >= 4 is 5.91 Å². The van der Waals surface area contributed by atoms with Gasteiger partial charge in [0.25, 0.3) is 0 Å². The minimum absolute atomic E-state index is 0.236. The van der Waals surface area contributed by atoms with E-state index in [-0.39, 0.29) is 18.9 Å². The van der Waals surface area contributed by atoms with Crippen LogP contribution in [0.3, 0.4) is 0 Å². The molecule has 3 heterocycles. The van der Waals surface area contributed by atoms with Crippen molar-refractivity contribution in [3.8, 4) is 0 Å². The number of aliphatic hydroxyl groups is 11. The van der Waals surface area contributed by atoms with Crippen molar-refractivity contribution in [3.63, 3.8) is 0 Å². The molecule has 0 bridgehead atoms. The highest BCUT2D eigenvalue weighted by Crippen LogP contribution is 2.34. The highest BCUT2D eigenvalue weighted by molar-refractivity contribution is 5.76. The Morgan fingerprint density at radius 2 is 0.611 bits per heavy atom. The highest BCUT2D eigenvalue weighted by Gasteiger charge is 2.54. The number of unbranched alkanes of at least 4 members (excludes halogenated alkanes) is 51. The molecule has 3 rings (SSSR count). The van der Waals surface area contributed by atoms with Crippen molar-refractivity contribution in [1.82, 2.24) is 5.32 Å². The van der Waals surface area contributed by atoms with Crippen molar-refractivity contribution in [2.24, 2.45) is 0 Å². The first kappa shape index (κ1) is 105. The van der Waals surface area contributed by atoms with Gasteiger partial charge in [0.2, 0.25) is 5.91 Å². The molecule has 19 heteroatoms. The van der Waals surface area contributed by atoms with E-state index in [1.54, 1.807) is 0 Å². The molecule has 0 spiro atoms. The molecule has 0 saturated carbocycles. The van der Waals surface area contributed by atoms with Crippen LogP contribution in [0.2, 0.25) is 0 Å². The van der Waals surface area contributed by atoms with Gasteiger partial charge in [0, 0.05) is 6.42 Å². The second kappa shape index (κ2) is 73.4. The van der Waals surface area contributed by atoms with Crippen LogP contribution in [0.25, 0.3) is 0 Å². The average molecular weight is 1610 g/mol. The van der Waals surface area contributed by atoms with Gasteiger partial charge in [0.15, 0.2) is 18.9 Å². The first-order chi connectivity index (χ1) is 55.3. The fraction of sp³-hybridized carbons (Fsp3) is 0.883. The quantitative estimate of drug-likeness (QED) is 0.0199. The van der Waals surface area contributed by atoms with E-state index in [2.05, 4.69) is 79.9 Å². The molecule has 12 N–H and O–H groups in total. The number of hydrogen-bond donors (Lipinski definition) is 12. The number of aliphatic hydroxyl groups excluding tert-OH is 11. The van der Waals surface area contributed by atoms with Gasteiger partial charge in [0.05, 0.1) is 38.6 Å². The lowest BCUT2D eigenvalue weighted by Gasteiger charge is -2.48. The van der Waals surface area contributed by atoms with E-state index in [1.165, 1.54) is 289 Å². The zero-order chi connectivity index (χ0) is 81.7. The summed E-state index contributed by atoms with van der Waals surface area (Å²) < 4.78 is 34.6. The Bertz CT molecular complexity index is 2270. The molecule has 113 heavy (non-hydrogen) atoms. The zero-order valence-corrected chi connectivity index (χ0v) is 71.6. The van der Waals surface area contributed by atoms with Crippen LogP contribution in [-0.2, 0) is 33.2 Å². The number of nitrogens with one attached hydrogen (secondary N) is 1. The number of amides is 1. The SMILES string of the molecule is CC/C=C\C/C=C\C/C=C\C/C=C\C/C=C\CCCCCCCCCCCCCCCCCCCCCC(=O)NC(COC1OC(CO)C(OC2OC(CO)C(OC3OC(CO)C(O)C(O)C3O)C(O)C2O)C(O)C1O)C(O)CCCCCCCCCCCCCCCCCCCCCCCCCCCCCCCCCCC. The molecule has 17 unspecified atom stereocenters. The maximum absolute atomic E-state index is 13.6. The molecular weight excluding hydrogens is 1430 g/mol. The molecule has 1 amide bonds. The van der Waals surface area contributed by atoms with Crippen molar-refractivity contribution in [3.05, 3.63) is 60.8 Å². The van der Waals surface area contributed by atoms with Gasteiger partial charge in [0.1, 0.15) is 73.2 Å². The van der Waals surface area contributed by atoms with E-state index in [0.717, 1.165) is 77.0 Å². The first-order valence-electron chi connectivity index (χ1n) is 47.0. The molecule has 3 fully saturated rings. The summed E-state index contributed by atoms with van der Waals surface area (Å²) in [6, 6.07) is -0.890. The van der Waals surface area contributed by atoms with Gasteiger partial charge >= 0.3 is 0 Å². The van der Waals surface area contributed by atoms with E-state index < -0.39 is 124 Å². The Labute approximate surface area is 687 Å². The third-order valence-corrected chi connectivity index (χ3v) is 23.4. The van der Waals surface area contributed by atoms with Crippen LogP contribution < -0.4 is 5.32 Å². The largest absolute Gasteiger partial charge is 0.394 e. The van der Waals surface area contributed by atoms with Crippen LogP contribution in [-0.4, -0.2) is 193 Å². The van der Waals surface area contributed by atoms with E-state index in [1.807, 2.05) is 0 Å². The Morgan fingerprint density at radius 1 is 0.327 bits per heavy atom. The number of carbonyl (C=O) groups excluding carboxylic acids is 1. The minimum Gasteiger partial charge on any atom is -0.394 e. The third kappa shape index (κ3) is 51.7. The predicted octanol–water partition coefficient (Wildman–Crippen LogP) is 18.5. The van der Waals surface area contributed by atoms with Crippen LogP contribution in [0, 0.1) is 0 Å². The molecule has 0 aromatic rings. The minimum atomic E-state index is -1.97. The standard InChI is InChI=1S/C94H173NO18/c1-3-5-7-9-11-13-15-17-19-21-23-25-27-29-31-33-35-37-38-40-42-44-46-48-50-52-54-56-58-60-62-64-66-68-70-72-82(100)95-77(78(99)71-69-67-65-63-61-59-57-55-53-51-49-47-45-43-41-39-36-34-32-30-28-26-24-22-20-18-16-14-12-10-8-6-4-2)76-108-92-88(106)85(103)90(80(74-97)110-92)113-94-89(107)86(104)91(81(75-98)111-94)112-93-87(105)84(102)83(101)79(73-96)109-93/h5,7,11,13,17,19,23,25,29,31,77-81,83-94,96-99,101-107H,3-4,6,8-10,12,14-16,18,20-22,24,26-28,30,32-76H2,1-2H3,(H,95,100)/b7-5-,13-11-,19-17-,25-23-,31-29-. The Hall–Kier alpha value is -2.51. The predicted molar refractivity (Wildman–Crippen MR) is 457 cm³/mol. The zero-order valence-electron chi connectivity index (χ0n) is 71.6. The Balaban J connectivity index is 1.30. The maximum Gasteiger partial charge on any atom is 0.220 e. The summed E-state index contributed by atoms with van der Waals surface area (Å²) in [7, 11) is 0. The highest BCUT2D eigenvalue weighted by atomic mass is 16.8. The van der Waals surface area contributed by atoms with Crippen LogP contribution >= 0.6 is 0 Å². The summed E-state index contributed by atoms with van der Waals surface area (Å²) in [6.45, 7) is 1.75. The van der Waals surface area contributed by atoms with Crippen LogP contribution in [0.5, 0.6) is 0 Å². The Morgan fingerprint density at radius 3 is 0.956 bits per heavy atom. The molecule has 0 radical (unpaired) electrons. The van der Waals surface area contributed by atoms with E-state index in [4.69, 9.17) is 28.4 Å². The van der Waals surface area contributed by atoms with Gasteiger partial charge in [-0.3, -0.25) is 4.79 Å². The maximum atomic E-state index is 13.6. The second-order valence-corrected chi connectivity index (χ2v) is 33.5. The normalized spacial score (nSPS) is 25.1. The van der Waals surface area contributed by atoms with Gasteiger partial charge in [-0.2, -0.15) is 0 Å². The lowest BCUT2D eigenvalue weighted by Crippen LogP contribution is -2.66. The van der Waals surface area contributed by atoms with Gasteiger partial charge < -0.3 is 89.9 Å². The Kier molecular flexibility index (Phi) is 68.0. The monoisotopic (exact) mass is 1600 g/mol. The third-order valence-electron chi connectivity index (χ3n) is 23.4. The smallest absolute Gasteiger partial charge is 0.220 e. The van der Waals surface area contributed by atoms with Gasteiger partial charge in [-0.25, -0.2) is 0 Å². The molecule has 0 aromatic carbocycles. The molecule has 17 atom stereocenters. The number of ether oxygens (including phenoxy) is 6. The fourth-order valence-electron chi connectivity index (χ4n) is 15.9. The molecule has 0 aliphatic carbocycles. The van der Waals surface area contributed by atoms with Crippen LogP contribution in [0.15, 0.2) is 60.8 Å². The molecule has 3 aliphatic heterocycles. The lowest BCUT2D eigenvalue weighted by atomic mass is 9.96. The number of carbonyl (C=O) groups is 1. The lowest BCUT2D eigenvalue weighted by molar-refractivity contribution is -0.379. The fourth-order valence-corrected chi connectivity index (χ4v) is 15.9. The van der Waals surface area contributed by atoms with E-state index in [9.17, 15) is 61.0 Å². The van der Waals surface area contributed by atoms with Crippen LogP contribution in [0.4, 0.5) is 0 Å². The summed E-state index contributed by atoms with van der Waals surface area (Å²) in [5.41, 5.74) is 0. The van der Waals surface area contributed by atoms with Crippen molar-refractivity contribution < 1.29 is 89.4 Å². The molecule has 662 valence electrons. The number of rotatable bonds is 77. The number of allylic oxidation sites excluding steroid dienone is 10. The summed E-state index contributed by atoms with van der Waals surface area (Å²) >= 11 is 0. The van der Waals surface area contributed by atoms with Gasteiger partial charge in [-0.05, 0) is 57.8 Å². The first-order valence-corrected chi connectivity index (χ1v) is 47.0. The summed E-state index contributed by atoms with van der Waals surface area (Å²) in [5, 5.41) is 121. The van der Waals surface area contributed by atoms with Crippen molar-refractivity contribution in [2.45, 2.75) is 503 Å². The van der Waals surface area contributed by atoms with Crippen molar-refractivity contribution in [1.29, 1.82) is 0 Å². The average Bonchev–Trinajstić information content (AvgIpc) is 0.780. The molecule has 0 aromatic heterocycles. The summed E-state index contributed by atoms with van der Waals surface area (Å²) in [4.78, 5) is 13.6. The van der Waals surface area contributed by atoms with E-state index >= 15 is 0 Å². The van der Waals surface area contributed by atoms with Gasteiger partial charge in [-0.1, -0.05) is 396 Å². The van der Waals surface area contributed by atoms with Gasteiger partial charge in [-0.15, -0.1) is 0 Å².